The maximum atomic E-state index is 12.5. The minimum atomic E-state index is -0.00634. The Balaban J connectivity index is 0.00000144. The largest absolute Gasteiger partial charge is 0.398 e. The molecule has 1 amide bonds. The predicted molar refractivity (Wildman–Crippen MR) is 95.6 cm³/mol. The molecular weight excluding hydrogens is 353 g/mol. The number of nitrogens with zero attached hydrogens (tertiary/aromatic N) is 4. The van der Waals surface area contributed by atoms with Crippen LogP contribution in [0.25, 0.3) is 0 Å². The number of anilines is 1. The van der Waals surface area contributed by atoms with Gasteiger partial charge in [-0.1, -0.05) is 17.3 Å². The number of rotatable bonds is 3. The van der Waals surface area contributed by atoms with Gasteiger partial charge >= 0.3 is 0 Å². The van der Waals surface area contributed by atoms with Crippen LogP contribution in [-0.4, -0.2) is 52.0 Å². The summed E-state index contributed by atoms with van der Waals surface area (Å²) in [6.07, 6.45) is 0. The number of piperazine rings is 1. The molecule has 0 bridgehead atoms. The first-order valence-electron chi connectivity index (χ1n) is 7.29. The molecule has 0 radical (unpaired) electrons. The first kappa shape index (κ1) is 20.2. The summed E-state index contributed by atoms with van der Waals surface area (Å²) in [4.78, 5) is 20.7. The monoisotopic (exact) mass is 373 g/mol. The van der Waals surface area contributed by atoms with Gasteiger partial charge in [-0.25, -0.2) is 0 Å². The second-order valence-corrected chi connectivity index (χ2v) is 5.39. The number of nitrogens with two attached hydrogens (primary N) is 1. The quantitative estimate of drug-likeness (QED) is 0.824. The number of hydrogen-bond acceptors (Lipinski definition) is 6. The van der Waals surface area contributed by atoms with E-state index in [-0.39, 0.29) is 30.7 Å². The van der Waals surface area contributed by atoms with Crippen molar-refractivity contribution in [1.29, 1.82) is 0 Å². The standard InChI is InChI=1S/C15H19N5O2.2ClH/c1-11-17-14(18-22-11)10-19-6-8-20(9-7-19)15(21)12-4-2-3-5-13(12)16;;/h2-5H,6-10,16H2,1H3;2*1H. The Morgan fingerprint density at radius 3 is 2.46 bits per heavy atom. The van der Waals surface area contributed by atoms with Gasteiger partial charge in [-0.2, -0.15) is 4.98 Å². The van der Waals surface area contributed by atoms with E-state index in [1.165, 1.54) is 0 Å². The molecule has 2 N–H and O–H groups in total. The van der Waals surface area contributed by atoms with Crippen LogP contribution in [0.15, 0.2) is 28.8 Å². The third kappa shape index (κ3) is 4.59. The van der Waals surface area contributed by atoms with Crippen molar-refractivity contribution in [3.8, 4) is 0 Å². The summed E-state index contributed by atoms with van der Waals surface area (Å²) in [5.41, 5.74) is 6.97. The lowest BCUT2D eigenvalue weighted by Gasteiger charge is -2.34. The molecule has 1 aliphatic heterocycles. The molecular formula is C15H21Cl2N5O2. The Hall–Kier alpha value is -1.83. The van der Waals surface area contributed by atoms with Crippen LogP contribution in [0, 0.1) is 6.92 Å². The fourth-order valence-electron chi connectivity index (χ4n) is 2.58. The number of para-hydroxylation sites is 1. The van der Waals surface area contributed by atoms with Crippen molar-refractivity contribution in [2.45, 2.75) is 13.5 Å². The van der Waals surface area contributed by atoms with Crippen LogP contribution < -0.4 is 5.73 Å². The molecule has 7 nitrogen and oxygen atoms in total. The molecule has 2 aromatic rings. The van der Waals surface area contributed by atoms with Crippen LogP contribution in [0.3, 0.4) is 0 Å². The molecule has 2 heterocycles. The zero-order valence-electron chi connectivity index (χ0n) is 13.3. The third-order valence-electron chi connectivity index (χ3n) is 3.79. The highest BCUT2D eigenvalue weighted by Crippen LogP contribution is 2.15. The highest BCUT2D eigenvalue weighted by molar-refractivity contribution is 5.99. The third-order valence-corrected chi connectivity index (χ3v) is 3.79. The first-order chi connectivity index (χ1) is 10.6. The molecule has 0 saturated carbocycles. The number of amides is 1. The predicted octanol–water partition coefficient (Wildman–Crippen LogP) is 1.76. The van der Waals surface area contributed by atoms with Gasteiger partial charge in [-0.15, -0.1) is 24.8 Å². The Kier molecular flexibility index (Phi) is 7.47. The number of halogens is 2. The lowest BCUT2D eigenvalue weighted by atomic mass is 10.1. The van der Waals surface area contributed by atoms with Crippen LogP contribution in [-0.2, 0) is 6.54 Å². The van der Waals surface area contributed by atoms with Crippen LogP contribution in [0.2, 0.25) is 0 Å². The van der Waals surface area contributed by atoms with E-state index in [2.05, 4.69) is 15.0 Å². The normalized spacial score (nSPS) is 14.6. The highest BCUT2D eigenvalue weighted by Gasteiger charge is 2.23. The van der Waals surface area contributed by atoms with Crippen LogP contribution in [0.1, 0.15) is 22.1 Å². The van der Waals surface area contributed by atoms with Gasteiger partial charge in [0, 0.05) is 38.8 Å². The Morgan fingerprint density at radius 2 is 1.88 bits per heavy atom. The average Bonchev–Trinajstić information content (AvgIpc) is 2.93. The summed E-state index contributed by atoms with van der Waals surface area (Å²) >= 11 is 0. The fourth-order valence-corrected chi connectivity index (χ4v) is 2.58. The molecule has 24 heavy (non-hydrogen) atoms. The molecule has 1 aromatic carbocycles. The van der Waals surface area contributed by atoms with Gasteiger partial charge in [0.2, 0.25) is 5.89 Å². The van der Waals surface area contributed by atoms with Crippen molar-refractivity contribution in [1.82, 2.24) is 19.9 Å². The first-order valence-corrected chi connectivity index (χ1v) is 7.29. The number of aryl methyl sites for hydroxylation is 1. The minimum Gasteiger partial charge on any atom is -0.398 e. The maximum absolute atomic E-state index is 12.5. The van der Waals surface area contributed by atoms with E-state index in [0.29, 0.717) is 42.6 Å². The zero-order chi connectivity index (χ0) is 15.5. The summed E-state index contributed by atoms with van der Waals surface area (Å²) in [5, 5.41) is 3.90. The molecule has 132 valence electrons. The van der Waals surface area contributed by atoms with Gasteiger partial charge in [-0.05, 0) is 12.1 Å². The van der Waals surface area contributed by atoms with Crippen molar-refractivity contribution in [2.75, 3.05) is 31.9 Å². The van der Waals surface area contributed by atoms with Gasteiger partial charge in [0.1, 0.15) is 0 Å². The second kappa shape index (κ2) is 8.86. The second-order valence-electron chi connectivity index (χ2n) is 5.39. The van der Waals surface area contributed by atoms with E-state index >= 15 is 0 Å². The lowest BCUT2D eigenvalue weighted by Crippen LogP contribution is -2.48. The number of nitrogen functional groups attached to an aromatic ring is 1. The molecule has 1 saturated heterocycles. The molecule has 0 atom stereocenters. The number of carbonyl (C=O) groups excluding carboxylic acids is 1. The number of hydrogen-bond donors (Lipinski definition) is 1. The minimum absolute atomic E-state index is 0. The van der Waals surface area contributed by atoms with E-state index < -0.39 is 0 Å². The van der Waals surface area contributed by atoms with Crippen molar-refractivity contribution in [2.24, 2.45) is 0 Å². The molecule has 0 unspecified atom stereocenters. The summed E-state index contributed by atoms with van der Waals surface area (Å²) in [5.74, 6) is 1.25. The molecule has 1 fully saturated rings. The molecule has 0 spiro atoms. The van der Waals surface area contributed by atoms with E-state index in [9.17, 15) is 4.79 Å². The molecule has 9 heteroatoms. The molecule has 1 aliphatic rings. The van der Waals surface area contributed by atoms with Gasteiger partial charge in [0.15, 0.2) is 5.82 Å². The van der Waals surface area contributed by atoms with Gasteiger partial charge in [0.05, 0.1) is 12.1 Å². The Morgan fingerprint density at radius 1 is 1.21 bits per heavy atom. The Labute approximate surface area is 153 Å². The van der Waals surface area contributed by atoms with E-state index in [1.54, 1.807) is 19.1 Å². The smallest absolute Gasteiger partial charge is 0.256 e. The number of carbonyl (C=O) groups is 1. The van der Waals surface area contributed by atoms with Crippen LogP contribution in [0.4, 0.5) is 5.69 Å². The van der Waals surface area contributed by atoms with Crippen molar-refractivity contribution in [3.05, 3.63) is 41.5 Å². The average molecular weight is 374 g/mol. The van der Waals surface area contributed by atoms with Crippen molar-refractivity contribution >= 4 is 36.4 Å². The summed E-state index contributed by atoms with van der Waals surface area (Å²) in [7, 11) is 0. The maximum Gasteiger partial charge on any atom is 0.256 e. The fraction of sp³-hybridized carbons (Fsp3) is 0.400. The van der Waals surface area contributed by atoms with Gasteiger partial charge < -0.3 is 15.2 Å². The summed E-state index contributed by atoms with van der Waals surface area (Å²) in [6, 6.07) is 7.18. The lowest BCUT2D eigenvalue weighted by molar-refractivity contribution is 0.0625. The van der Waals surface area contributed by atoms with Crippen LogP contribution >= 0.6 is 24.8 Å². The van der Waals surface area contributed by atoms with Crippen molar-refractivity contribution < 1.29 is 9.32 Å². The van der Waals surface area contributed by atoms with Crippen LogP contribution in [0.5, 0.6) is 0 Å². The van der Waals surface area contributed by atoms with Gasteiger partial charge in [-0.3, -0.25) is 9.69 Å². The van der Waals surface area contributed by atoms with Gasteiger partial charge in [0.25, 0.3) is 5.91 Å². The molecule has 1 aromatic heterocycles. The summed E-state index contributed by atoms with van der Waals surface area (Å²) in [6.45, 7) is 5.33. The number of benzene rings is 1. The van der Waals surface area contributed by atoms with E-state index in [0.717, 1.165) is 13.1 Å². The molecule has 0 aliphatic carbocycles. The zero-order valence-corrected chi connectivity index (χ0v) is 15.0. The topological polar surface area (TPSA) is 88.5 Å². The Bertz CT molecular complexity index is 671. The summed E-state index contributed by atoms with van der Waals surface area (Å²) < 4.78 is 4.97. The number of aromatic nitrogens is 2. The highest BCUT2D eigenvalue weighted by atomic mass is 35.5. The SMILES string of the molecule is Cc1nc(CN2CCN(C(=O)c3ccccc3N)CC2)no1.Cl.Cl. The molecule has 3 rings (SSSR count). The van der Waals surface area contributed by atoms with E-state index in [1.807, 2.05) is 17.0 Å². The van der Waals surface area contributed by atoms with E-state index in [4.69, 9.17) is 10.3 Å². The van der Waals surface area contributed by atoms with Crippen molar-refractivity contribution in [3.63, 3.8) is 0 Å².